The highest BCUT2D eigenvalue weighted by molar-refractivity contribution is 6.13. The summed E-state index contributed by atoms with van der Waals surface area (Å²) in [6.45, 7) is 1.12. The number of phenolic OH excluding ortho intramolecular Hbond substituents is 1. The van der Waals surface area contributed by atoms with Gasteiger partial charge in [0, 0.05) is 6.92 Å². The van der Waals surface area contributed by atoms with E-state index in [0.717, 1.165) is 6.92 Å². The van der Waals surface area contributed by atoms with Crippen LogP contribution in [0.2, 0.25) is 0 Å². The molecule has 3 N–H and O–H groups in total. The molecular formula is C9H10AlO6. The molecule has 0 saturated heterocycles. The van der Waals surface area contributed by atoms with Gasteiger partial charge < -0.3 is 18.2 Å². The largest absolute Gasteiger partial charge is 0.662 e. The lowest BCUT2D eigenvalue weighted by molar-refractivity contribution is -0.135. The van der Waals surface area contributed by atoms with Gasteiger partial charge in [0.05, 0.1) is 0 Å². The van der Waals surface area contributed by atoms with Gasteiger partial charge in [-0.15, -0.1) is 0 Å². The van der Waals surface area contributed by atoms with Crippen LogP contribution in [0.3, 0.4) is 0 Å². The van der Waals surface area contributed by atoms with E-state index in [9.17, 15) is 14.7 Å². The van der Waals surface area contributed by atoms with Crippen molar-refractivity contribution >= 4 is 27.8 Å². The molecule has 0 aliphatic carbocycles. The van der Waals surface area contributed by atoms with Gasteiger partial charge in [-0.05, 0) is 12.1 Å². The van der Waals surface area contributed by atoms with Gasteiger partial charge in [-0.25, -0.2) is 4.79 Å². The van der Waals surface area contributed by atoms with Crippen molar-refractivity contribution in [1.29, 1.82) is 0 Å². The molecule has 0 atom stereocenters. The summed E-state index contributed by atoms with van der Waals surface area (Å²) in [5.41, 5.74) is -0.0160. The first-order valence-corrected chi connectivity index (χ1v) is 5.17. The standard InChI is InChI=1S/C9H8O4.Al.2H2O/c1-6(10)13-9(12)7-4-2-3-5-8(7)11;;;/h2-5,11H,1H3;;2*1H2/q;+2;;/p-2. The molecule has 1 aromatic carbocycles. The van der Waals surface area contributed by atoms with Gasteiger partial charge >= 0.3 is 27.8 Å². The third-order valence-corrected chi connectivity index (χ3v) is 1.36. The van der Waals surface area contributed by atoms with Gasteiger partial charge in [0.25, 0.3) is 0 Å². The first kappa shape index (κ1) is 14.6. The number of benzene rings is 1. The van der Waals surface area contributed by atoms with Crippen LogP contribution in [-0.4, -0.2) is 41.2 Å². The highest BCUT2D eigenvalue weighted by atomic mass is 27.2. The molecule has 6 nitrogen and oxygen atoms in total. The van der Waals surface area contributed by atoms with E-state index >= 15 is 0 Å². The minimum absolute atomic E-state index is 0.0160. The molecule has 0 saturated carbocycles. The highest BCUT2D eigenvalue weighted by Gasteiger charge is 2.12. The Morgan fingerprint density at radius 1 is 1.25 bits per heavy atom. The third-order valence-electron chi connectivity index (χ3n) is 1.36. The average molecular weight is 241 g/mol. The van der Waals surface area contributed by atoms with E-state index in [1.54, 1.807) is 12.1 Å². The molecule has 0 aliphatic heterocycles. The quantitative estimate of drug-likeness (QED) is 0.351. The Morgan fingerprint density at radius 3 is 2.19 bits per heavy atom. The van der Waals surface area contributed by atoms with E-state index in [1.165, 1.54) is 12.1 Å². The van der Waals surface area contributed by atoms with E-state index in [4.69, 9.17) is 8.32 Å². The molecule has 0 unspecified atom stereocenters. The number of para-hydroxylation sites is 1. The third kappa shape index (κ3) is 5.48. The average Bonchev–Trinajstić information content (AvgIpc) is 2.18. The Morgan fingerprint density at radius 2 is 1.75 bits per heavy atom. The van der Waals surface area contributed by atoms with Gasteiger partial charge in [-0.2, -0.15) is 0 Å². The van der Waals surface area contributed by atoms with E-state index in [1.807, 2.05) is 0 Å². The van der Waals surface area contributed by atoms with Crippen molar-refractivity contribution in [3.8, 4) is 5.75 Å². The maximum atomic E-state index is 11.1. The molecule has 1 aromatic rings. The highest BCUT2D eigenvalue weighted by Crippen LogP contribution is 2.16. The van der Waals surface area contributed by atoms with E-state index < -0.39 is 27.8 Å². The first-order valence-electron chi connectivity index (χ1n) is 4.13. The normalized spacial score (nSPS) is 8.44. The molecule has 1 radical (unpaired) electrons. The Hall–Kier alpha value is -1.39. The predicted molar refractivity (Wildman–Crippen MR) is 54.4 cm³/mol. The molecule has 0 heterocycles. The number of hydrogen-bond donors (Lipinski definition) is 3. The fourth-order valence-electron chi connectivity index (χ4n) is 0.832. The number of ether oxygens (including phenoxy) is 1. The summed E-state index contributed by atoms with van der Waals surface area (Å²) in [5, 5.41) is 9.18. The molecule has 0 amide bonds. The summed E-state index contributed by atoms with van der Waals surface area (Å²) < 4.78 is 18.7. The monoisotopic (exact) mass is 241 g/mol. The van der Waals surface area contributed by atoms with Crippen molar-refractivity contribution in [3.63, 3.8) is 0 Å². The van der Waals surface area contributed by atoms with Crippen LogP contribution < -0.4 is 0 Å². The molecule has 0 fully saturated rings. The Kier molecular flexibility index (Phi) is 7.17. The number of carbonyl (C=O) groups is 2. The van der Waals surface area contributed by atoms with Crippen LogP contribution in [0, 0.1) is 0 Å². The molecule has 16 heavy (non-hydrogen) atoms. The van der Waals surface area contributed by atoms with Gasteiger partial charge in [-0.3, -0.25) is 4.79 Å². The van der Waals surface area contributed by atoms with Crippen LogP contribution in [0.1, 0.15) is 17.3 Å². The number of rotatable bonds is 1. The lowest BCUT2D eigenvalue weighted by atomic mass is 10.2. The molecule has 7 heteroatoms. The summed E-state index contributed by atoms with van der Waals surface area (Å²) in [6.07, 6.45) is 0. The Labute approximate surface area is 98.5 Å². The summed E-state index contributed by atoms with van der Waals surface area (Å²) in [5.74, 6) is -1.74. The first-order chi connectivity index (χ1) is 7.52. The summed E-state index contributed by atoms with van der Waals surface area (Å²) in [7, 11) is 0. The van der Waals surface area contributed by atoms with E-state index in [-0.39, 0.29) is 11.3 Å². The van der Waals surface area contributed by atoms with Crippen LogP contribution in [-0.2, 0) is 9.53 Å². The summed E-state index contributed by atoms with van der Waals surface area (Å²) in [4.78, 5) is 21.5. The Balaban J connectivity index is 0.000000673. The van der Waals surface area contributed by atoms with Crippen molar-refractivity contribution in [2.45, 2.75) is 6.92 Å². The molecule has 1 rings (SSSR count). The summed E-state index contributed by atoms with van der Waals surface area (Å²) in [6, 6.07) is 5.85. The van der Waals surface area contributed by atoms with Crippen LogP contribution in [0.4, 0.5) is 0 Å². The number of aromatic hydroxyl groups is 1. The van der Waals surface area contributed by atoms with Crippen LogP contribution >= 0.6 is 0 Å². The van der Waals surface area contributed by atoms with Gasteiger partial charge in [-0.1, -0.05) is 12.1 Å². The van der Waals surface area contributed by atoms with Crippen molar-refractivity contribution in [2.75, 3.05) is 0 Å². The van der Waals surface area contributed by atoms with Gasteiger partial charge in [0.15, 0.2) is 0 Å². The number of hydrogen-bond acceptors (Lipinski definition) is 6. The van der Waals surface area contributed by atoms with Crippen molar-refractivity contribution in [2.24, 2.45) is 0 Å². The topological polar surface area (TPSA) is 104 Å². The SMILES string of the molecule is CC(=O)OC(=O)c1ccccc1O.[OH][Al][OH]. The maximum Gasteiger partial charge on any atom is 0.662 e. The zero-order chi connectivity index (χ0) is 12.6. The Bertz CT molecular complexity index is 365. The second-order valence-corrected chi connectivity index (χ2v) is 2.74. The predicted octanol–water partition coefficient (Wildman–Crippen LogP) is -0.399. The molecule has 0 aromatic heterocycles. The molecule has 85 valence electrons. The van der Waals surface area contributed by atoms with Gasteiger partial charge in [0.2, 0.25) is 0 Å². The minimum Gasteiger partial charge on any atom is -0.507 e. The number of phenols is 1. The zero-order valence-electron chi connectivity index (χ0n) is 8.45. The van der Waals surface area contributed by atoms with E-state index in [0.29, 0.717) is 0 Å². The second kappa shape index (κ2) is 7.85. The van der Waals surface area contributed by atoms with Crippen molar-refractivity contribution < 1.29 is 27.7 Å². The summed E-state index contributed by atoms with van der Waals surface area (Å²) >= 11 is -1.25. The van der Waals surface area contributed by atoms with E-state index in [2.05, 4.69) is 4.74 Å². The molecular weight excluding hydrogens is 231 g/mol. The fourth-order valence-corrected chi connectivity index (χ4v) is 0.832. The van der Waals surface area contributed by atoms with Gasteiger partial charge in [0.1, 0.15) is 11.3 Å². The smallest absolute Gasteiger partial charge is 0.507 e. The van der Waals surface area contributed by atoms with Crippen molar-refractivity contribution in [3.05, 3.63) is 29.8 Å². The maximum absolute atomic E-state index is 11.1. The number of esters is 2. The number of carbonyl (C=O) groups excluding carboxylic acids is 2. The van der Waals surface area contributed by atoms with Crippen molar-refractivity contribution in [1.82, 2.24) is 0 Å². The zero-order valence-corrected chi connectivity index (χ0v) is 9.61. The lowest BCUT2D eigenvalue weighted by Gasteiger charge is -2.01. The van der Waals surface area contributed by atoms with Crippen LogP contribution in [0.15, 0.2) is 24.3 Å². The molecule has 0 bridgehead atoms. The van der Waals surface area contributed by atoms with Crippen LogP contribution in [0.5, 0.6) is 5.75 Å². The fraction of sp³-hybridized carbons (Fsp3) is 0.111. The minimum atomic E-state index is -1.25. The lowest BCUT2D eigenvalue weighted by Crippen LogP contribution is -2.09. The molecule has 0 spiro atoms. The molecule has 0 aliphatic rings. The second-order valence-electron chi connectivity index (χ2n) is 2.51. The van der Waals surface area contributed by atoms with Crippen LogP contribution in [0.25, 0.3) is 0 Å².